The molecule has 2 amide bonds. The van der Waals surface area contributed by atoms with Crippen LogP contribution >= 0.6 is 11.6 Å². The fourth-order valence-electron chi connectivity index (χ4n) is 4.60. The average Bonchev–Trinajstić information content (AvgIpc) is 3.32. The SMILES string of the molecule is CC(C)(C)OC(=O)N1CCN(Cc2ccc3oc(-c4ccccc4NC(=O)c4ccc(Cl)cc4)cc3c2)CC1. The maximum Gasteiger partial charge on any atom is 0.410 e. The Kier molecular flexibility index (Phi) is 7.64. The van der Waals surface area contributed by atoms with Crippen LogP contribution in [0.3, 0.4) is 0 Å². The first-order valence-corrected chi connectivity index (χ1v) is 13.4. The van der Waals surface area contributed by atoms with Crippen LogP contribution in [-0.4, -0.2) is 53.6 Å². The summed E-state index contributed by atoms with van der Waals surface area (Å²) in [7, 11) is 0. The number of hydrogen-bond acceptors (Lipinski definition) is 5. The van der Waals surface area contributed by atoms with E-state index in [9.17, 15) is 9.59 Å². The number of carbonyl (C=O) groups excluding carboxylic acids is 2. The fourth-order valence-corrected chi connectivity index (χ4v) is 4.73. The number of piperazine rings is 1. The quantitative estimate of drug-likeness (QED) is 0.290. The molecule has 0 bridgehead atoms. The highest BCUT2D eigenvalue weighted by Crippen LogP contribution is 2.33. The standard InChI is InChI=1S/C31H32ClN3O4/c1-31(2,3)39-30(37)35-16-14-34(15-17-35)20-21-8-13-27-23(18-21)19-28(38-27)25-6-4-5-7-26(25)33-29(36)22-9-11-24(32)12-10-22/h4-13,18-19H,14-17,20H2,1-3H3,(H,33,36). The number of rotatable bonds is 5. The van der Waals surface area contributed by atoms with Crippen molar-refractivity contribution in [3.05, 3.63) is 88.9 Å². The molecule has 0 aliphatic carbocycles. The second kappa shape index (κ2) is 11.1. The Labute approximate surface area is 233 Å². The first-order chi connectivity index (χ1) is 18.6. The normalized spacial score (nSPS) is 14.4. The van der Waals surface area contributed by atoms with Crippen LogP contribution in [0.2, 0.25) is 5.02 Å². The summed E-state index contributed by atoms with van der Waals surface area (Å²) >= 11 is 5.96. The highest BCUT2D eigenvalue weighted by atomic mass is 35.5. The Balaban J connectivity index is 1.27. The highest BCUT2D eigenvalue weighted by molar-refractivity contribution is 6.30. The van der Waals surface area contributed by atoms with Gasteiger partial charge in [-0.05, 0) is 80.9 Å². The smallest absolute Gasteiger partial charge is 0.410 e. The number of furan rings is 1. The molecule has 1 aromatic heterocycles. The lowest BCUT2D eigenvalue weighted by Crippen LogP contribution is -2.49. The molecule has 7 nitrogen and oxygen atoms in total. The predicted molar refractivity (Wildman–Crippen MR) is 154 cm³/mol. The van der Waals surface area contributed by atoms with Gasteiger partial charge >= 0.3 is 6.09 Å². The number of ether oxygens (including phenoxy) is 1. The summed E-state index contributed by atoms with van der Waals surface area (Å²) in [6.45, 7) is 9.30. The van der Waals surface area contributed by atoms with Gasteiger partial charge in [0, 0.05) is 54.3 Å². The van der Waals surface area contributed by atoms with Crippen LogP contribution in [0, 0.1) is 0 Å². The van der Waals surface area contributed by atoms with E-state index in [0.717, 1.165) is 36.2 Å². The minimum atomic E-state index is -0.490. The van der Waals surface area contributed by atoms with Crippen molar-refractivity contribution >= 4 is 40.3 Å². The summed E-state index contributed by atoms with van der Waals surface area (Å²) in [6, 6.07) is 22.6. The van der Waals surface area contributed by atoms with E-state index >= 15 is 0 Å². The van der Waals surface area contributed by atoms with E-state index in [1.54, 1.807) is 29.2 Å². The summed E-state index contributed by atoms with van der Waals surface area (Å²) in [4.78, 5) is 29.3. The van der Waals surface area contributed by atoms with Crippen molar-refractivity contribution in [3.63, 3.8) is 0 Å². The van der Waals surface area contributed by atoms with Gasteiger partial charge < -0.3 is 19.4 Å². The molecule has 2 heterocycles. The van der Waals surface area contributed by atoms with E-state index in [0.29, 0.717) is 35.1 Å². The number of hydrogen-bond donors (Lipinski definition) is 1. The molecular weight excluding hydrogens is 514 g/mol. The van der Waals surface area contributed by atoms with Crippen molar-refractivity contribution in [3.8, 4) is 11.3 Å². The molecule has 0 spiro atoms. The second-order valence-corrected chi connectivity index (χ2v) is 11.2. The van der Waals surface area contributed by atoms with Gasteiger partial charge in [-0.2, -0.15) is 0 Å². The molecule has 0 saturated carbocycles. The number of nitrogens with zero attached hydrogens (tertiary/aromatic N) is 2. The largest absolute Gasteiger partial charge is 0.456 e. The van der Waals surface area contributed by atoms with Gasteiger partial charge in [0.05, 0.1) is 5.69 Å². The Morgan fingerprint density at radius 2 is 1.67 bits per heavy atom. The molecule has 1 N–H and O–H groups in total. The van der Waals surface area contributed by atoms with Gasteiger partial charge in [0.1, 0.15) is 16.9 Å². The summed E-state index contributed by atoms with van der Waals surface area (Å²) in [5.41, 5.74) is 3.45. The molecular formula is C31H32ClN3O4. The number of carbonyl (C=O) groups is 2. The van der Waals surface area contributed by atoms with Crippen molar-refractivity contribution in [1.29, 1.82) is 0 Å². The van der Waals surface area contributed by atoms with Crippen LogP contribution < -0.4 is 5.32 Å². The van der Waals surface area contributed by atoms with Crippen molar-refractivity contribution in [2.45, 2.75) is 32.9 Å². The topological polar surface area (TPSA) is 75.0 Å². The van der Waals surface area contributed by atoms with Gasteiger partial charge in [-0.3, -0.25) is 9.69 Å². The number of benzene rings is 3. The molecule has 4 aromatic rings. The summed E-state index contributed by atoms with van der Waals surface area (Å²) in [6.07, 6.45) is -0.251. The van der Waals surface area contributed by atoms with E-state index in [4.69, 9.17) is 20.8 Å². The first-order valence-electron chi connectivity index (χ1n) is 13.0. The summed E-state index contributed by atoms with van der Waals surface area (Å²) < 4.78 is 11.7. The third-order valence-corrected chi connectivity index (χ3v) is 6.81. The number of amides is 2. The zero-order valence-corrected chi connectivity index (χ0v) is 23.1. The Morgan fingerprint density at radius 3 is 2.38 bits per heavy atom. The molecule has 1 aliphatic heterocycles. The lowest BCUT2D eigenvalue weighted by Gasteiger charge is -2.35. The van der Waals surface area contributed by atoms with Crippen LogP contribution in [0.25, 0.3) is 22.3 Å². The zero-order valence-electron chi connectivity index (χ0n) is 22.4. The Hall–Kier alpha value is -3.81. The summed E-state index contributed by atoms with van der Waals surface area (Å²) in [5.74, 6) is 0.462. The van der Waals surface area contributed by atoms with Gasteiger partial charge in [0.2, 0.25) is 0 Å². The highest BCUT2D eigenvalue weighted by Gasteiger charge is 2.26. The number of para-hydroxylation sites is 1. The first kappa shape index (κ1) is 26.8. The number of fused-ring (bicyclic) bond motifs is 1. The maximum atomic E-state index is 12.8. The van der Waals surface area contributed by atoms with E-state index in [-0.39, 0.29) is 12.0 Å². The molecule has 5 rings (SSSR count). The predicted octanol–water partition coefficient (Wildman–Crippen LogP) is 7.06. The average molecular weight is 546 g/mol. The molecule has 8 heteroatoms. The van der Waals surface area contributed by atoms with E-state index in [2.05, 4.69) is 22.3 Å². The van der Waals surface area contributed by atoms with Crippen LogP contribution in [0.15, 0.2) is 77.2 Å². The number of halogens is 1. The van der Waals surface area contributed by atoms with E-state index < -0.39 is 5.60 Å². The lowest BCUT2D eigenvalue weighted by atomic mass is 10.1. The summed E-state index contributed by atoms with van der Waals surface area (Å²) in [5, 5.41) is 4.57. The molecule has 202 valence electrons. The van der Waals surface area contributed by atoms with Crippen LogP contribution in [0.5, 0.6) is 0 Å². The second-order valence-electron chi connectivity index (χ2n) is 10.7. The van der Waals surface area contributed by atoms with Gasteiger partial charge in [0.25, 0.3) is 5.91 Å². The van der Waals surface area contributed by atoms with Crippen molar-refractivity contribution in [2.24, 2.45) is 0 Å². The van der Waals surface area contributed by atoms with Gasteiger partial charge in [0.15, 0.2) is 0 Å². The van der Waals surface area contributed by atoms with Crippen molar-refractivity contribution < 1.29 is 18.7 Å². The molecule has 3 aromatic carbocycles. The number of anilines is 1. The minimum Gasteiger partial charge on any atom is -0.456 e. The third-order valence-electron chi connectivity index (χ3n) is 6.56. The third kappa shape index (κ3) is 6.61. The number of nitrogens with one attached hydrogen (secondary N) is 1. The van der Waals surface area contributed by atoms with Crippen LogP contribution in [0.4, 0.5) is 10.5 Å². The van der Waals surface area contributed by atoms with Crippen molar-refractivity contribution in [1.82, 2.24) is 9.80 Å². The molecule has 1 aliphatic rings. The van der Waals surface area contributed by atoms with Gasteiger partial charge in [-0.25, -0.2) is 4.79 Å². The van der Waals surface area contributed by atoms with E-state index in [1.807, 2.05) is 57.2 Å². The molecule has 39 heavy (non-hydrogen) atoms. The van der Waals surface area contributed by atoms with Crippen LogP contribution in [-0.2, 0) is 11.3 Å². The molecule has 1 fully saturated rings. The monoisotopic (exact) mass is 545 g/mol. The van der Waals surface area contributed by atoms with E-state index in [1.165, 1.54) is 5.56 Å². The van der Waals surface area contributed by atoms with Crippen molar-refractivity contribution in [2.75, 3.05) is 31.5 Å². The molecule has 1 saturated heterocycles. The van der Waals surface area contributed by atoms with Crippen LogP contribution in [0.1, 0.15) is 36.7 Å². The van der Waals surface area contributed by atoms with Gasteiger partial charge in [-0.15, -0.1) is 0 Å². The maximum absolute atomic E-state index is 12.8. The Morgan fingerprint density at radius 1 is 0.949 bits per heavy atom. The molecule has 0 atom stereocenters. The van der Waals surface area contributed by atoms with Gasteiger partial charge in [-0.1, -0.05) is 29.8 Å². The minimum absolute atomic E-state index is 0.218. The lowest BCUT2D eigenvalue weighted by molar-refractivity contribution is 0.0139. The zero-order chi connectivity index (χ0) is 27.6. The molecule has 0 unspecified atom stereocenters. The molecule has 0 radical (unpaired) electrons. The fraction of sp³-hybridized carbons (Fsp3) is 0.290. The Bertz CT molecular complexity index is 1480.